The molecule has 1 unspecified atom stereocenters. The number of hydrogen-bond acceptors (Lipinski definition) is 5. The number of halogens is 2. The second kappa shape index (κ2) is 9.55. The molecule has 0 bridgehead atoms. The van der Waals surface area contributed by atoms with Gasteiger partial charge in [0, 0.05) is 38.3 Å². The molecule has 3 N–H and O–H groups in total. The van der Waals surface area contributed by atoms with Crippen molar-refractivity contribution in [1.29, 1.82) is 0 Å². The van der Waals surface area contributed by atoms with Gasteiger partial charge in [0.15, 0.2) is 0 Å². The molecule has 2 rings (SSSR count). The van der Waals surface area contributed by atoms with E-state index in [1.165, 1.54) is 12.1 Å². The predicted molar refractivity (Wildman–Crippen MR) is 96.0 cm³/mol. The molecule has 0 radical (unpaired) electrons. The molecule has 138 valence electrons. The summed E-state index contributed by atoms with van der Waals surface area (Å²) in [5.74, 6) is -0.731. The fraction of sp³-hybridized carbons (Fsp3) is 0.467. The molecule has 1 heterocycles. The number of nitro benzene ring substituents is 1. The summed E-state index contributed by atoms with van der Waals surface area (Å²) in [6, 6.07) is 3.75. The standard InChI is InChI=1S/C15H19ClN4O4.ClH/c16-13-8-11(20(23)24)3-4-12(13)15(22)19-7-1-2-10(9-19)14(21)18-6-5-17;/h3-4,8,10H,1-2,5-7,9,17H2,(H,18,21);1H. The van der Waals surface area contributed by atoms with Gasteiger partial charge in [0.2, 0.25) is 5.91 Å². The zero-order valence-electron chi connectivity index (χ0n) is 13.4. The zero-order valence-corrected chi connectivity index (χ0v) is 15.0. The monoisotopic (exact) mass is 390 g/mol. The molecule has 1 saturated heterocycles. The maximum absolute atomic E-state index is 12.6. The van der Waals surface area contributed by atoms with Crippen molar-refractivity contribution in [2.45, 2.75) is 12.8 Å². The topological polar surface area (TPSA) is 119 Å². The average molecular weight is 391 g/mol. The number of benzene rings is 1. The van der Waals surface area contributed by atoms with E-state index in [0.29, 0.717) is 39.0 Å². The number of amides is 2. The molecule has 0 saturated carbocycles. The minimum absolute atomic E-state index is 0. The highest BCUT2D eigenvalue weighted by atomic mass is 35.5. The smallest absolute Gasteiger partial charge is 0.270 e. The summed E-state index contributed by atoms with van der Waals surface area (Å²) in [4.78, 5) is 36.4. The number of nitrogens with two attached hydrogens (primary N) is 1. The molecule has 1 fully saturated rings. The minimum atomic E-state index is -0.571. The third kappa shape index (κ3) is 5.29. The van der Waals surface area contributed by atoms with Crippen molar-refractivity contribution in [3.63, 3.8) is 0 Å². The first-order chi connectivity index (χ1) is 11.4. The van der Waals surface area contributed by atoms with Crippen LogP contribution in [-0.2, 0) is 4.79 Å². The first-order valence-corrected chi connectivity index (χ1v) is 8.03. The van der Waals surface area contributed by atoms with Gasteiger partial charge in [-0.05, 0) is 18.9 Å². The molecule has 0 aliphatic carbocycles. The van der Waals surface area contributed by atoms with Crippen molar-refractivity contribution in [2.75, 3.05) is 26.2 Å². The Morgan fingerprint density at radius 2 is 2.16 bits per heavy atom. The van der Waals surface area contributed by atoms with Crippen LogP contribution in [0.15, 0.2) is 18.2 Å². The van der Waals surface area contributed by atoms with E-state index in [1.54, 1.807) is 4.90 Å². The van der Waals surface area contributed by atoms with Crippen molar-refractivity contribution in [3.05, 3.63) is 38.9 Å². The second-order valence-corrected chi connectivity index (χ2v) is 6.00. The lowest BCUT2D eigenvalue weighted by atomic mass is 9.96. The number of nitrogens with zero attached hydrogens (tertiary/aromatic N) is 2. The summed E-state index contributed by atoms with van der Waals surface area (Å²) in [6.45, 7) is 1.58. The number of nitrogens with one attached hydrogen (secondary N) is 1. The van der Waals surface area contributed by atoms with E-state index < -0.39 is 4.92 Å². The van der Waals surface area contributed by atoms with Crippen LogP contribution in [0.1, 0.15) is 23.2 Å². The van der Waals surface area contributed by atoms with Gasteiger partial charge in [0.25, 0.3) is 11.6 Å². The van der Waals surface area contributed by atoms with Crippen molar-refractivity contribution in [1.82, 2.24) is 10.2 Å². The van der Waals surface area contributed by atoms with Crippen molar-refractivity contribution in [3.8, 4) is 0 Å². The maximum atomic E-state index is 12.6. The Labute approximate surface area is 156 Å². The molecule has 25 heavy (non-hydrogen) atoms. The van der Waals surface area contributed by atoms with E-state index >= 15 is 0 Å². The van der Waals surface area contributed by atoms with E-state index in [4.69, 9.17) is 17.3 Å². The minimum Gasteiger partial charge on any atom is -0.355 e. The van der Waals surface area contributed by atoms with Crippen LogP contribution in [0.4, 0.5) is 5.69 Å². The van der Waals surface area contributed by atoms with Gasteiger partial charge < -0.3 is 16.0 Å². The van der Waals surface area contributed by atoms with Crippen LogP contribution in [0.25, 0.3) is 0 Å². The van der Waals surface area contributed by atoms with Crippen molar-refractivity contribution < 1.29 is 14.5 Å². The number of nitro groups is 1. The Morgan fingerprint density at radius 3 is 2.76 bits per heavy atom. The third-order valence-electron chi connectivity index (χ3n) is 3.92. The summed E-state index contributed by atoms with van der Waals surface area (Å²) in [6.07, 6.45) is 1.41. The highest BCUT2D eigenvalue weighted by molar-refractivity contribution is 6.34. The van der Waals surface area contributed by atoms with Gasteiger partial charge in [-0.3, -0.25) is 19.7 Å². The van der Waals surface area contributed by atoms with Crippen LogP contribution in [0.5, 0.6) is 0 Å². The molecule has 10 heteroatoms. The molecule has 1 aliphatic heterocycles. The first kappa shape index (κ1) is 21.1. The first-order valence-electron chi connectivity index (χ1n) is 7.65. The molecule has 1 atom stereocenters. The number of rotatable bonds is 5. The number of non-ortho nitro benzene ring substituents is 1. The van der Waals surface area contributed by atoms with Crippen molar-refractivity contribution in [2.24, 2.45) is 11.7 Å². The summed E-state index contributed by atoms with van der Waals surface area (Å²) in [5, 5.41) is 13.5. The molecular formula is C15H20Cl2N4O4. The fourth-order valence-electron chi connectivity index (χ4n) is 2.68. The summed E-state index contributed by atoms with van der Waals surface area (Å²) in [5.41, 5.74) is 5.39. The van der Waals surface area contributed by atoms with Crippen LogP contribution in [0.3, 0.4) is 0 Å². The number of likely N-dealkylation sites (tertiary alicyclic amines) is 1. The van der Waals surface area contributed by atoms with Gasteiger partial charge in [0.1, 0.15) is 0 Å². The van der Waals surface area contributed by atoms with Crippen LogP contribution in [0.2, 0.25) is 5.02 Å². The second-order valence-electron chi connectivity index (χ2n) is 5.59. The molecule has 0 aromatic heterocycles. The van der Waals surface area contributed by atoms with Crippen LogP contribution in [-0.4, -0.2) is 47.8 Å². The highest BCUT2D eigenvalue weighted by Gasteiger charge is 2.29. The van der Waals surface area contributed by atoms with Gasteiger partial charge in [-0.15, -0.1) is 12.4 Å². The molecule has 8 nitrogen and oxygen atoms in total. The molecular weight excluding hydrogens is 371 g/mol. The normalized spacial score (nSPS) is 16.7. The molecule has 0 spiro atoms. The van der Waals surface area contributed by atoms with Gasteiger partial charge >= 0.3 is 0 Å². The Balaban J connectivity index is 0.00000312. The third-order valence-corrected chi connectivity index (χ3v) is 4.23. The quantitative estimate of drug-likeness (QED) is 0.584. The number of hydrogen-bond donors (Lipinski definition) is 2. The fourth-order valence-corrected chi connectivity index (χ4v) is 2.93. The zero-order chi connectivity index (χ0) is 17.7. The van der Waals surface area contributed by atoms with Gasteiger partial charge in [-0.25, -0.2) is 0 Å². The van der Waals surface area contributed by atoms with Crippen LogP contribution >= 0.6 is 24.0 Å². The number of piperidine rings is 1. The van der Waals surface area contributed by atoms with E-state index in [-0.39, 0.29) is 46.4 Å². The Morgan fingerprint density at radius 1 is 1.44 bits per heavy atom. The van der Waals surface area contributed by atoms with Crippen molar-refractivity contribution >= 4 is 41.5 Å². The SMILES string of the molecule is Cl.NCCNC(=O)C1CCCN(C(=O)c2ccc([N+](=O)[O-])cc2Cl)C1. The highest BCUT2D eigenvalue weighted by Crippen LogP contribution is 2.26. The Kier molecular flexibility index (Phi) is 8.08. The van der Waals surface area contributed by atoms with Crippen LogP contribution < -0.4 is 11.1 Å². The molecule has 2 amide bonds. The average Bonchev–Trinajstić information content (AvgIpc) is 2.59. The van der Waals surface area contributed by atoms with E-state index in [9.17, 15) is 19.7 Å². The molecule has 1 aliphatic rings. The Bertz CT molecular complexity index is 656. The number of carbonyl (C=O) groups excluding carboxylic acids is 2. The van der Waals surface area contributed by atoms with Crippen LogP contribution in [0, 0.1) is 16.0 Å². The summed E-state index contributed by atoms with van der Waals surface area (Å²) >= 11 is 6.01. The van der Waals surface area contributed by atoms with E-state index in [2.05, 4.69) is 5.32 Å². The summed E-state index contributed by atoms with van der Waals surface area (Å²) < 4.78 is 0. The number of carbonyl (C=O) groups is 2. The lowest BCUT2D eigenvalue weighted by molar-refractivity contribution is -0.384. The van der Waals surface area contributed by atoms with Gasteiger partial charge in [0.05, 0.1) is 21.4 Å². The Hall–Kier alpha value is -1.90. The van der Waals surface area contributed by atoms with E-state index in [1.807, 2.05) is 0 Å². The maximum Gasteiger partial charge on any atom is 0.270 e. The summed E-state index contributed by atoms with van der Waals surface area (Å²) in [7, 11) is 0. The predicted octanol–water partition coefficient (Wildman–Crippen LogP) is 1.60. The van der Waals surface area contributed by atoms with Gasteiger partial charge in [-0.2, -0.15) is 0 Å². The lowest BCUT2D eigenvalue weighted by Crippen LogP contribution is -2.46. The lowest BCUT2D eigenvalue weighted by Gasteiger charge is -2.32. The largest absolute Gasteiger partial charge is 0.355 e. The molecule has 1 aromatic rings. The van der Waals surface area contributed by atoms with E-state index in [0.717, 1.165) is 6.07 Å². The van der Waals surface area contributed by atoms with Gasteiger partial charge in [-0.1, -0.05) is 11.6 Å². The molecule has 1 aromatic carbocycles.